The Morgan fingerprint density at radius 3 is 2.38 bits per heavy atom. The van der Waals surface area contributed by atoms with Crippen molar-refractivity contribution in [3.8, 4) is 6.07 Å². The van der Waals surface area contributed by atoms with E-state index in [1.54, 1.807) is 0 Å². The number of carbonyl (C=O) groups excluding carboxylic acids is 2. The summed E-state index contributed by atoms with van der Waals surface area (Å²) in [6, 6.07) is 7.55. The molecule has 1 aliphatic heterocycles. The number of hydrogen-bond acceptors (Lipinski definition) is 4. The standard InChI is InChI=1S/C22H29FN4O2/c1-16(20(28)26-22(15-24)11-3-2-4-12-22)27-13-9-19(10-14-27)25-21(29)17-5-7-18(23)8-6-17/h5-8,16,19H,2-4,9-14H2,1H3,(H,25,29)(H,26,28)/t16-/m0/s1. The topological polar surface area (TPSA) is 85.2 Å². The monoisotopic (exact) mass is 400 g/mol. The van der Waals surface area contributed by atoms with Crippen molar-refractivity contribution in [1.29, 1.82) is 5.26 Å². The highest BCUT2D eigenvalue weighted by molar-refractivity contribution is 5.94. The van der Waals surface area contributed by atoms with Crippen LogP contribution in [-0.4, -0.2) is 47.4 Å². The third-order valence-electron chi connectivity index (χ3n) is 6.18. The summed E-state index contributed by atoms with van der Waals surface area (Å²) in [4.78, 5) is 27.1. The zero-order chi connectivity index (χ0) is 20.9. The third kappa shape index (κ3) is 5.33. The number of piperidine rings is 1. The summed E-state index contributed by atoms with van der Waals surface area (Å²) in [5, 5.41) is 15.6. The number of nitrogens with one attached hydrogen (secondary N) is 2. The van der Waals surface area contributed by atoms with E-state index in [0.717, 1.165) is 44.9 Å². The van der Waals surface area contributed by atoms with Crippen LogP contribution in [0.25, 0.3) is 0 Å². The average molecular weight is 400 g/mol. The van der Waals surface area contributed by atoms with Crippen LogP contribution in [0.15, 0.2) is 24.3 Å². The van der Waals surface area contributed by atoms with Gasteiger partial charge < -0.3 is 10.6 Å². The SMILES string of the molecule is C[C@@H](C(=O)NC1(C#N)CCCCC1)N1CCC(NC(=O)c2ccc(F)cc2)CC1. The highest BCUT2D eigenvalue weighted by Gasteiger charge is 2.36. The summed E-state index contributed by atoms with van der Waals surface area (Å²) >= 11 is 0. The molecule has 1 aliphatic carbocycles. The largest absolute Gasteiger partial charge is 0.349 e. The van der Waals surface area contributed by atoms with Crippen molar-refractivity contribution in [3.05, 3.63) is 35.6 Å². The molecule has 7 heteroatoms. The van der Waals surface area contributed by atoms with Crippen molar-refractivity contribution in [2.75, 3.05) is 13.1 Å². The van der Waals surface area contributed by atoms with Gasteiger partial charge in [0, 0.05) is 24.7 Å². The van der Waals surface area contributed by atoms with Crippen LogP contribution in [0.4, 0.5) is 4.39 Å². The first-order valence-electron chi connectivity index (χ1n) is 10.5. The van der Waals surface area contributed by atoms with Crippen LogP contribution >= 0.6 is 0 Å². The van der Waals surface area contributed by atoms with E-state index in [1.165, 1.54) is 24.3 Å². The second-order valence-corrected chi connectivity index (χ2v) is 8.21. The molecular weight excluding hydrogens is 371 g/mol. The highest BCUT2D eigenvalue weighted by Crippen LogP contribution is 2.28. The molecule has 0 spiro atoms. The minimum atomic E-state index is -0.717. The van der Waals surface area contributed by atoms with Gasteiger partial charge in [0.1, 0.15) is 11.4 Å². The fourth-order valence-electron chi connectivity index (χ4n) is 4.23. The van der Waals surface area contributed by atoms with Crippen molar-refractivity contribution in [1.82, 2.24) is 15.5 Å². The van der Waals surface area contributed by atoms with E-state index in [1.807, 2.05) is 6.92 Å². The normalized spacial score (nSPS) is 21.0. The molecule has 0 bridgehead atoms. The van der Waals surface area contributed by atoms with Crippen LogP contribution in [0, 0.1) is 17.1 Å². The Labute approximate surface area is 171 Å². The number of amides is 2. The summed E-state index contributed by atoms with van der Waals surface area (Å²) in [5.74, 6) is -0.668. The lowest BCUT2D eigenvalue weighted by Gasteiger charge is -2.38. The maximum absolute atomic E-state index is 13.0. The maximum atomic E-state index is 13.0. The van der Waals surface area contributed by atoms with E-state index in [-0.39, 0.29) is 29.7 Å². The van der Waals surface area contributed by atoms with Gasteiger partial charge in [0.15, 0.2) is 0 Å². The van der Waals surface area contributed by atoms with Crippen molar-refractivity contribution in [2.45, 2.75) is 69.5 Å². The van der Waals surface area contributed by atoms with Crippen molar-refractivity contribution < 1.29 is 14.0 Å². The van der Waals surface area contributed by atoms with Crippen molar-refractivity contribution in [3.63, 3.8) is 0 Å². The summed E-state index contributed by atoms with van der Waals surface area (Å²) in [6.07, 6.45) is 6.00. The molecule has 3 rings (SSSR count). The van der Waals surface area contributed by atoms with Gasteiger partial charge in [0.25, 0.3) is 5.91 Å². The number of benzene rings is 1. The van der Waals surface area contributed by atoms with E-state index < -0.39 is 5.54 Å². The molecule has 0 radical (unpaired) electrons. The van der Waals surface area contributed by atoms with Crippen LogP contribution < -0.4 is 10.6 Å². The number of likely N-dealkylation sites (tertiary alicyclic amines) is 1. The molecule has 1 atom stereocenters. The molecule has 1 aromatic carbocycles. The van der Waals surface area contributed by atoms with E-state index in [0.29, 0.717) is 18.7 Å². The molecule has 0 unspecified atom stereocenters. The number of carbonyl (C=O) groups is 2. The quantitative estimate of drug-likeness (QED) is 0.796. The highest BCUT2D eigenvalue weighted by atomic mass is 19.1. The van der Waals surface area contributed by atoms with Gasteiger partial charge in [-0.2, -0.15) is 5.26 Å². The molecule has 1 heterocycles. The molecule has 1 aromatic rings. The predicted octanol–water partition coefficient (Wildman–Crippen LogP) is 2.75. The predicted molar refractivity (Wildman–Crippen MR) is 107 cm³/mol. The Kier molecular flexibility index (Phi) is 6.86. The Bertz CT molecular complexity index is 760. The second kappa shape index (κ2) is 9.36. The number of nitrogens with zero attached hydrogens (tertiary/aromatic N) is 2. The first-order chi connectivity index (χ1) is 13.9. The van der Waals surface area contributed by atoms with Crippen LogP contribution in [0.1, 0.15) is 62.2 Å². The summed E-state index contributed by atoms with van der Waals surface area (Å²) in [6.45, 7) is 3.27. The molecule has 1 saturated carbocycles. The minimum Gasteiger partial charge on any atom is -0.349 e. The summed E-state index contributed by atoms with van der Waals surface area (Å²) < 4.78 is 13.0. The smallest absolute Gasteiger partial charge is 0.251 e. The van der Waals surface area contributed by atoms with Crippen LogP contribution in [-0.2, 0) is 4.79 Å². The number of rotatable bonds is 5. The van der Waals surface area contributed by atoms with E-state index in [2.05, 4.69) is 21.6 Å². The molecule has 2 amide bonds. The third-order valence-corrected chi connectivity index (χ3v) is 6.18. The number of nitriles is 1. The zero-order valence-corrected chi connectivity index (χ0v) is 16.9. The number of hydrogen-bond donors (Lipinski definition) is 2. The Balaban J connectivity index is 1.48. The van der Waals surface area contributed by atoms with E-state index in [9.17, 15) is 19.2 Å². The Morgan fingerprint density at radius 1 is 1.17 bits per heavy atom. The van der Waals surface area contributed by atoms with Gasteiger partial charge in [-0.15, -0.1) is 0 Å². The van der Waals surface area contributed by atoms with Crippen LogP contribution in [0.5, 0.6) is 0 Å². The van der Waals surface area contributed by atoms with Gasteiger partial charge in [0.05, 0.1) is 12.1 Å². The van der Waals surface area contributed by atoms with Crippen molar-refractivity contribution in [2.24, 2.45) is 0 Å². The molecular formula is C22H29FN4O2. The lowest BCUT2D eigenvalue weighted by molar-refractivity contribution is -0.128. The van der Waals surface area contributed by atoms with Gasteiger partial charge in [-0.1, -0.05) is 19.3 Å². The average Bonchev–Trinajstić information content (AvgIpc) is 2.75. The van der Waals surface area contributed by atoms with E-state index >= 15 is 0 Å². The molecule has 29 heavy (non-hydrogen) atoms. The fraction of sp³-hybridized carbons (Fsp3) is 0.591. The zero-order valence-electron chi connectivity index (χ0n) is 16.9. The van der Waals surface area contributed by atoms with Gasteiger partial charge in [-0.05, 0) is 56.9 Å². The summed E-state index contributed by atoms with van der Waals surface area (Å²) in [7, 11) is 0. The van der Waals surface area contributed by atoms with Crippen molar-refractivity contribution >= 4 is 11.8 Å². The van der Waals surface area contributed by atoms with Gasteiger partial charge in [-0.25, -0.2) is 4.39 Å². The molecule has 156 valence electrons. The first kappa shape index (κ1) is 21.3. The maximum Gasteiger partial charge on any atom is 0.251 e. The lowest BCUT2D eigenvalue weighted by atomic mass is 9.82. The van der Waals surface area contributed by atoms with Crippen LogP contribution in [0.3, 0.4) is 0 Å². The fourth-order valence-corrected chi connectivity index (χ4v) is 4.23. The second-order valence-electron chi connectivity index (χ2n) is 8.21. The van der Waals surface area contributed by atoms with Gasteiger partial charge in [0.2, 0.25) is 5.91 Å². The molecule has 1 saturated heterocycles. The van der Waals surface area contributed by atoms with Gasteiger partial charge >= 0.3 is 0 Å². The van der Waals surface area contributed by atoms with Gasteiger partial charge in [-0.3, -0.25) is 14.5 Å². The molecule has 0 aromatic heterocycles. The molecule has 2 fully saturated rings. The molecule has 2 N–H and O–H groups in total. The molecule has 2 aliphatic rings. The minimum absolute atomic E-state index is 0.0304. The molecule has 6 nitrogen and oxygen atoms in total. The summed E-state index contributed by atoms with van der Waals surface area (Å²) in [5.41, 5.74) is -0.277. The number of halogens is 1. The van der Waals surface area contributed by atoms with Crippen LogP contribution in [0.2, 0.25) is 0 Å². The van der Waals surface area contributed by atoms with E-state index in [4.69, 9.17) is 0 Å². The Morgan fingerprint density at radius 2 is 1.79 bits per heavy atom. The lowest BCUT2D eigenvalue weighted by Crippen LogP contribution is -2.56. The first-order valence-corrected chi connectivity index (χ1v) is 10.5. The Hall–Kier alpha value is -2.46.